The molecule has 7 heteroatoms. The van der Waals surface area contributed by atoms with Crippen LogP contribution in [0.3, 0.4) is 0 Å². The molecule has 0 spiro atoms. The van der Waals surface area contributed by atoms with Gasteiger partial charge in [0.1, 0.15) is 16.9 Å². The van der Waals surface area contributed by atoms with Crippen LogP contribution in [0.1, 0.15) is 47.5 Å². The Kier molecular flexibility index (Phi) is 9.05. The van der Waals surface area contributed by atoms with Gasteiger partial charge in [-0.2, -0.15) is 0 Å². The smallest absolute Gasteiger partial charge is 0.319 e. The molecule has 1 atom stereocenters. The van der Waals surface area contributed by atoms with Gasteiger partial charge in [0.25, 0.3) is 0 Å². The van der Waals surface area contributed by atoms with Gasteiger partial charge in [-0.05, 0) is 24.3 Å². The Morgan fingerprint density at radius 3 is 2.35 bits per heavy atom. The molecule has 1 aromatic carbocycles. The molecule has 0 bridgehead atoms. The summed E-state index contributed by atoms with van der Waals surface area (Å²) in [4.78, 5) is 24.1. The van der Waals surface area contributed by atoms with Crippen LogP contribution in [0, 0.1) is 23.5 Å². The second kappa shape index (κ2) is 10.5. The van der Waals surface area contributed by atoms with Gasteiger partial charge in [0.15, 0.2) is 0 Å². The molecule has 0 aliphatic carbocycles. The minimum Gasteiger partial charge on any atom is -0.465 e. The number of thioether (sulfide) groups is 1. The van der Waals surface area contributed by atoms with Crippen molar-refractivity contribution in [2.45, 2.75) is 57.6 Å². The lowest BCUT2D eigenvalue weighted by molar-refractivity contribution is -0.144. The van der Waals surface area contributed by atoms with E-state index in [1.807, 2.05) is 34.6 Å². The first-order valence-corrected chi connectivity index (χ1v) is 9.65. The number of amides is 1. The normalized spacial score (nSPS) is 12.3. The third-order valence-electron chi connectivity index (χ3n) is 3.42. The molecule has 1 amide bonds. The second-order valence-corrected chi connectivity index (χ2v) is 8.05. The average molecular weight is 387 g/mol. The number of hydrogen-bond donors (Lipinski definition) is 1. The minimum absolute atomic E-state index is 0.0922. The first-order valence-electron chi connectivity index (χ1n) is 8.77. The number of ether oxygens (including phenoxy) is 1. The lowest BCUT2D eigenvalue weighted by atomic mass is 10.1. The summed E-state index contributed by atoms with van der Waals surface area (Å²) in [6, 6.07) is 1.95. The number of carbonyl (C=O) groups excluding carboxylic acids is 2. The van der Waals surface area contributed by atoms with Crippen molar-refractivity contribution >= 4 is 29.3 Å². The Morgan fingerprint density at radius 2 is 1.81 bits per heavy atom. The summed E-state index contributed by atoms with van der Waals surface area (Å²) in [6.07, 6.45) is 0.864. The number of esters is 1. The molecule has 0 aliphatic heterocycles. The zero-order chi connectivity index (χ0) is 19.9. The maximum atomic E-state index is 14.2. The number of anilines is 1. The third-order valence-corrected chi connectivity index (χ3v) is 4.98. The number of hydrogen-bond acceptors (Lipinski definition) is 4. The van der Waals surface area contributed by atoms with Crippen LogP contribution in [0.4, 0.5) is 14.5 Å². The predicted molar refractivity (Wildman–Crippen MR) is 100 cm³/mol. The molecule has 1 unspecified atom stereocenters. The zero-order valence-electron chi connectivity index (χ0n) is 15.9. The summed E-state index contributed by atoms with van der Waals surface area (Å²) >= 11 is 0.979. The maximum Gasteiger partial charge on any atom is 0.319 e. The van der Waals surface area contributed by atoms with E-state index < -0.39 is 22.9 Å². The third kappa shape index (κ3) is 6.94. The molecule has 4 nitrogen and oxygen atoms in total. The number of halogens is 2. The fourth-order valence-corrected chi connectivity index (χ4v) is 3.15. The summed E-state index contributed by atoms with van der Waals surface area (Å²) in [5.74, 6) is -2.31. The van der Waals surface area contributed by atoms with Crippen LogP contribution in [0.5, 0.6) is 0 Å². The van der Waals surface area contributed by atoms with Gasteiger partial charge in [-0.3, -0.25) is 9.59 Å². The Hall–Kier alpha value is -1.63. The van der Waals surface area contributed by atoms with Crippen molar-refractivity contribution in [1.29, 1.82) is 0 Å². The van der Waals surface area contributed by atoms with Crippen molar-refractivity contribution in [2.24, 2.45) is 11.8 Å². The van der Waals surface area contributed by atoms with Crippen molar-refractivity contribution in [3.8, 4) is 0 Å². The molecular formula is C19H27F2NO3S. The highest BCUT2D eigenvalue weighted by Crippen LogP contribution is 2.34. The lowest BCUT2D eigenvalue weighted by Crippen LogP contribution is -2.27. The molecule has 0 saturated carbocycles. The van der Waals surface area contributed by atoms with Crippen molar-refractivity contribution < 1.29 is 23.1 Å². The average Bonchev–Trinajstić information content (AvgIpc) is 2.53. The molecule has 0 heterocycles. The monoisotopic (exact) mass is 387 g/mol. The Balaban J connectivity index is 3.00. The van der Waals surface area contributed by atoms with Crippen LogP contribution >= 0.6 is 11.8 Å². The SMILES string of the molecule is CCCC(=O)Nc1cc(SC(C(=O)OCC(C)C)C(C)C)c(F)cc1F. The van der Waals surface area contributed by atoms with Gasteiger partial charge in [0, 0.05) is 17.4 Å². The minimum atomic E-state index is -0.847. The standard InChI is InChI=1S/C19H27F2NO3S/c1-6-7-17(23)22-15-9-16(14(21)8-13(15)20)26-18(12(4)5)19(24)25-10-11(2)3/h8-9,11-12,18H,6-7,10H2,1-5H3,(H,22,23). The van der Waals surface area contributed by atoms with E-state index in [4.69, 9.17) is 4.74 Å². The molecule has 1 rings (SSSR count). The van der Waals surface area contributed by atoms with Crippen LogP contribution < -0.4 is 5.32 Å². The van der Waals surface area contributed by atoms with Crippen LogP contribution in [0.25, 0.3) is 0 Å². The van der Waals surface area contributed by atoms with E-state index in [1.165, 1.54) is 6.07 Å². The maximum absolute atomic E-state index is 14.2. The molecular weight excluding hydrogens is 360 g/mol. The number of rotatable bonds is 9. The molecule has 0 saturated heterocycles. The number of nitrogens with one attached hydrogen (secondary N) is 1. The quantitative estimate of drug-likeness (QED) is 0.477. The summed E-state index contributed by atoms with van der Waals surface area (Å²) in [6.45, 7) is 9.63. The van der Waals surface area contributed by atoms with Crippen LogP contribution in [0.15, 0.2) is 17.0 Å². The molecule has 0 radical (unpaired) electrons. The number of carbonyl (C=O) groups is 2. The van der Waals surface area contributed by atoms with Gasteiger partial charge in [0.05, 0.1) is 12.3 Å². The summed E-state index contributed by atoms with van der Waals surface area (Å²) in [5.41, 5.74) is -0.0922. The van der Waals surface area contributed by atoms with Gasteiger partial charge in [0.2, 0.25) is 5.91 Å². The largest absolute Gasteiger partial charge is 0.465 e. The second-order valence-electron chi connectivity index (χ2n) is 6.87. The highest BCUT2D eigenvalue weighted by atomic mass is 32.2. The van der Waals surface area contributed by atoms with E-state index in [9.17, 15) is 18.4 Å². The van der Waals surface area contributed by atoms with Crippen molar-refractivity contribution in [1.82, 2.24) is 0 Å². The molecule has 26 heavy (non-hydrogen) atoms. The van der Waals surface area contributed by atoms with Crippen molar-refractivity contribution in [3.05, 3.63) is 23.8 Å². The lowest BCUT2D eigenvalue weighted by Gasteiger charge is -2.20. The summed E-state index contributed by atoms with van der Waals surface area (Å²) < 4.78 is 33.4. The zero-order valence-corrected chi connectivity index (χ0v) is 16.7. The highest BCUT2D eigenvalue weighted by Gasteiger charge is 2.27. The molecule has 146 valence electrons. The van der Waals surface area contributed by atoms with Crippen molar-refractivity contribution in [3.63, 3.8) is 0 Å². The van der Waals surface area contributed by atoms with E-state index in [1.54, 1.807) is 0 Å². The van der Waals surface area contributed by atoms with Gasteiger partial charge >= 0.3 is 5.97 Å². The topological polar surface area (TPSA) is 55.4 Å². The Labute approximate surface area is 158 Å². The molecule has 0 aromatic heterocycles. The Bertz CT molecular complexity index is 635. The van der Waals surface area contributed by atoms with Gasteiger partial charge in [-0.15, -0.1) is 11.8 Å². The van der Waals surface area contributed by atoms with Crippen LogP contribution in [0.2, 0.25) is 0 Å². The fraction of sp³-hybridized carbons (Fsp3) is 0.579. The summed E-state index contributed by atoms with van der Waals surface area (Å²) in [5, 5.41) is 1.81. The van der Waals surface area contributed by atoms with Gasteiger partial charge in [-0.25, -0.2) is 8.78 Å². The first-order chi connectivity index (χ1) is 12.1. The van der Waals surface area contributed by atoms with E-state index in [2.05, 4.69) is 5.32 Å². The van der Waals surface area contributed by atoms with E-state index in [0.717, 1.165) is 17.8 Å². The van der Waals surface area contributed by atoms with E-state index >= 15 is 0 Å². The van der Waals surface area contributed by atoms with Crippen LogP contribution in [-0.4, -0.2) is 23.7 Å². The fourth-order valence-electron chi connectivity index (χ4n) is 2.08. The number of benzene rings is 1. The first kappa shape index (κ1) is 22.4. The van der Waals surface area contributed by atoms with E-state index in [-0.39, 0.29) is 41.4 Å². The summed E-state index contributed by atoms with van der Waals surface area (Å²) in [7, 11) is 0. The van der Waals surface area contributed by atoms with Gasteiger partial charge < -0.3 is 10.1 Å². The van der Waals surface area contributed by atoms with Gasteiger partial charge in [-0.1, -0.05) is 34.6 Å². The van der Waals surface area contributed by atoms with E-state index in [0.29, 0.717) is 6.42 Å². The molecule has 1 N–H and O–H groups in total. The highest BCUT2D eigenvalue weighted by molar-refractivity contribution is 8.00. The van der Waals surface area contributed by atoms with Crippen LogP contribution in [-0.2, 0) is 14.3 Å². The molecule has 0 fully saturated rings. The molecule has 1 aromatic rings. The predicted octanol–water partition coefficient (Wildman–Crippen LogP) is 5.02. The van der Waals surface area contributed by atoms with Crippen molar-refractivity contribution in [2.75, 3.05) is 11.9 Å². The molecule has 0 aliphatic rings. The Morgan fingerprint density at radius 1 is 1.15 bits per heavy atom.